The van der Waals surface area contributed by atoms with Gasteiger partial charge in [-0.3, -0.25) is 9.59 Å². The van der Waals surface area contributed by atoms with Gasteiger partial charge in [-0.2, -0.15) is 0 Å². The largest absolute Gasteiger partial charge is 0.481 e. The van der Waals surface area contributed by atoms with Crippen molar-refractivity contribution in [2.75, 3.05) is 13.2 Å². The lowest BCUT2D eigenvalue weighted by atomic mass is 9.76. The summed E-state index contributed by atoms with van der Waals surface area (Å²) in [5.74, 6) is -2.52. The van der Waals surface area contributed by atoms with Crippen molar-refractivity contribution >= 4 is 11.9 Å². The van der Waals surface area contributed by atoms with E-state index in [0.29, 0.717) is 13.2 Å². The molecule has 0 aromatic heterocycles. The first kappa shape index (κ1) is 10.5. The van der Waals surface area contributed by atoms with Crippen molar-refractivity contribution in [1.82, 2.24) is 4.90 Å². The number of hydrogen-bond acceptors (Lipinski definition) is 4. The minimum Gasteiger partial charge on any atom is -0.481 e. The maximum Gasteiger partial charge on any atom is 0.310 e. The smallest absolute Gasteiger partial charge is 0.310 e. The zero-order chi connectivity index (χ0) is 12.5. The average Bonchev–Trinajstić information content (AvgIpc) is 2.99. The Bertz CT molecular complexity index is 475. The first-order valence-electron chi connectivity index (χ1n) is 6.17. The Hall–Kier alpha value is -1.40. The molecule has 3 fully saturated rings. The molecule has 4 aliphatic rings. The summed E-state index contributed by atoms with van der Waals surface area (Å²) in [5.41, 5.74) is -0.870. The molecule has 1 spiro atoms. The van der Waals surface area contributed by atoms with Crippen LogP contribution in [0.15, 0.2) is 12.2 Å². The second kappa shape index (κ2) is 3.13. The van der Waals surface area contributed by atoms with Gasteiger partial charge in [-0.25, -0.2) is 0 Å². The summed E-state index contributed by atoms with van der Waals surface area (Å²) in [6.07, 6.45) is 3.42. The lowest BCUT2D eigenvalue weighted by Crippen LogP contribution is -2.49. The van der Waals surface area contributed by atoms with Gasteiger partial charge in [0, 0.05) is 6.54 Å². The fourth-order valence-corrected chi connectivity index (χ4v) is 3.74. The maximum absolute atomic E-state index is 12.4. The van der Waals surface area contributed by atoms with Crippen molar-refractivity contribution in [2.45, 2.75) is 24.4 Å². The zero-order valence-corrected chi connectivity index (χ0v) is 9.61. The van der Waals surface area contributed by atoms with E-state index in [-0.39, 0.29) is 5.91 Å². The van der Waals surface area contributed by atoms with Crippen molar-refractivity contribution in [1.29, 1.82) is 0 Å². The summed E-state index contributed by atoms with van der Waals surface area (Å²) in [6, 6.07) is 0. The number of carbonyl (C=O) groups is 2. The van der Waals surface area contributed by atoms with E-state index < -0.39 is 35.7 Å². The Balaban J connectivity index is 1.82. The monoisotopic (exact) mass is 251 g/mol. The molecule has 4 heterocycles. The summed E-state index contributed by atoms with van der Waals surface area (Å²) in [5, 5.41) is 9.30. The molecule has 4 rings (SSSR count). The molecule has 1 amide bonds. The molecule has 0 aliphatic carbocycles. The summed E-state index contributed by atoms with van der Waals surface area (Å²) in [6.45, 7) is 1.21. The fraction of sp³-hybridized carbons (Fsp3) is 0.667. The van der Waals surface area contributed by atoms with E-state index in [1.165, 1.54) is 0 Å². The number of hydrogen-bond donors (Lipinski definition) is 1. The van der Waals surface area contributed by atoms with E-state index in [1.54, 1.807) is 11.0 Å². The Morgan fingerprint density at radius 3 is 3.17 bits per heavy atom. The highest BCUT2D eigenvalue weighted by Gasteiger charge is 2.72. The molecule has 6 heteroatoms. The SMILES string of the molecule is O=C(O)[C@@H]1[C@H]2C=C[C@@]3(O2)[C@H]1C(=O)N1CCCO[C@@H]13. The van der Waals surface area contributed by atoms with E-state index >= 15 is 0 Å². The van der Waals surface area contributed by atoms with Crippen molar-refractivity contribution in [3.63, 3.8) is 0 Å². The lowest BCUT2D eigenvalue weighted by molar-refractivity contribution is -0.168. The molecule has 0 aromatic carbocycles. The third-order valence-electron chi connectivity index (χ3n) is 4.41. The topological polar surface area (TPSA) is 76.1 Å². The lowest BCUT2D eigenvalue weighted by Gasteiger charge is -2.36. The van der Waals surface area contributed by atoms with Crippen LogP contribution >= 0.6 is 0 Å². The van der Waals surface area contributed by atoms with E-state index in [2.05, 4.69) is 0 Å². The van der Waals surface area contributed by atoms with Crippen LogP contribution in [0.1, 0.15) is 6.42 Å². The van der Waals surface area contributed by atoms with Crippen molar-refractivity contribution < 1.29 is 24.2 Å². The van der Waals surface area contributed by atoms with E-state index in [0.717, 1.165) is 6.42 Å². The number of carboxylic acid groups (broad SMARTS) is 1. The van der Waals surface area contributed by atoms with E-state index in [9.17, 15) is 14.7 Å². The van der Waals surface area contributed by atoms with Gasteiger partial charge < -0.3 is 19.5 Å². The van der Waals surface area contributed by atoms with Crippen LogP contribution in [-0.4, -0.2) is 53.0 Å². The number of carboxylic acids is 1. The average molecular weight is 251 g/mol. The third kappa shape index (κ3) is 0.976. The van der Waals surface area contributed by atoms with Gasteiger partial charge in [-0.1, -0.05) is 6.08 Å². The standard InChI is InChI=1S/C12H13NO5/c14-9-8-7(10(15)16)6-2-3-12(8,18-6)11-13(9)4-1-5-17-11/h2-3,6-8,11H,1,4-5H2,(H,15,16)/t6-,7-,8-,11-,12-/m1/s1. The normalized spacial score (nSPS) is 48.4. The van der Waals surface area contributed by atoms with Gasteiger partial charge in [0.05, 0.1) is 18.6 Å². The third-order valence-corrected chi connectivity index (χ3v) is 4.41. The van der Waals surface area contributed by atoms with Crippen LogP contribution < -0.4 is 0 Å². The Kier molecular flexibility index (Phi) is 1.83. The second-order valence-corrected chi connectivity index (χ2v) is 5.25. The van der Waals surface area contributed by atoms with Crippen LogP contribution in [0.25, 0.3) is 0 Å². The zero-order valence-electron chi connectivity index (χ0n) is 9.61. The molecule has 6 nitrogen and oxygen atoms in total. The number of nitrogens with zero attached hydrogens (tertiary/aromatic N) is 1. The summed E-state index contributed by atoms with van der Waals surface area (Å²) in [7, 11) is 0. The molecule has 1 N–H and O–H groups in total. The molecule has 4 aliphatic heterocycles. The molecule has 3 saturated heterocycles. The predicted molar refractivity (Wildman–Crippen MR) is 57.4 cm³/mol. The highest BCUT2D eigenvalue weighted by molar-refractivity contribution is 5.91. The van der Waals surface area contributed by atoms with Crippen LogP contribution in [0.3, 0.4) is 0 Å². The Morgan fingerprint density at radius 1 is 1.56 bits per heavy atom. The Labute approximate surface area is 103 Å². The van der Waals surface area contributed by atoms with Crippen LogP contribution in [0.5, 0.6) is 0 Å². The molecule has 0 radical (unpaired) electrons. The van der Waals surface area contributed by atoms with Crippen LogP contribution in [0.2, 0.25) is 0 Å². The minimum absolute atomic E-state index is 0.140. The van der Waals surface area contributed by atoms with E-state index in [4.69, 9.17) is 9.47 Å². The molecule has 96 valence electrons. The van der Waals surface area contributed by atoms with Gasteiger partial charge in [0.15, 0.2) is 6.23 Å². The molecule has 2 bridgehead atoms. The van der Waals surface area contributed by atoms with Crippen LogP contribution in [0, 0.1) is 11.8 Å². The van der Waals surface area contributed by atoms with Gasteiger partial charge in [-0.15, -0.1) is 0 Å². The molecule has 0 saturated carbocycles. The molecule has 0 unspecified atom stereocenters. The summed E-state index contributed by atoms with van der Waals surface area (Å²) in [4.78, 5) is 25.4. The van der Waals surface area contributed by atoms with Crippen molar-refractivity contribution in [3.05, 3.63) is 12.2 Å². The summed E-state index contributed by atoms with van der Waals surface area (Å²) < 4.78 is 11.5. The molecule has 0 aromatic rings. The number of aliphatic carboxylic acids is 1. The first-order chi connectivity index (χ1) is 8.65. The minimum atomic E-state index is -0.968. The van der Waals surface area contributed by atoms with Crippen LogP contribution in [-0.2, 0) is 19.1 Å². The number of rotatable bonds is 1. The maximum atomic E-state index is 12.4. The van der Waals surface area contributed by atoms with Crippen LogP contribution in [0.4, 0.5) is 0 Å². The number of fused-ring (bicyclic) bond motifs is 2. The molecular formula is C12H13NO5. The number of ether oxygens (including phenoxy) is 2. The molecule has 18 heavy (non-hydrogen) atoms. The predicted octanol–water partition coefficient (Wildman–Crippen LogP) is -0.401. The van der Waals surface area contributed by atoms with Gasteiger partial charge >= 0.3 is 5.97 Å². The van der Waals surface area contributed by atoms with Gasteiger partial charge in [-0.05, 0) is 12.5 Å². The fourth-order valence-electron chi connectivity index (χ4n) is 3.74. The molecule has 5 atom stereocenters. The van der Waals surface area contributed by atoms with Gasteiger partial charge in [0.2, 0.25) is 5.91 Å². The highest BCUT2D eigenvalue weighted by atomic mass is 16.6. The van der Waals surface area contributed by atoms with Gasteiger partial charge in [0.1, 0.15) is 11.5 Å². The molecular weight excluding hydrogens is 238 g/mol. The number of amides is 1. The van der Waals surface area contributed by atoms with Crippen molar-refractivity contribution in [2.24, 2.45) is 11.8 Å². The van der Waals surface area contributed by atoms with E-state index in [1.807, 2.05) is 6.08 Å². The number of carbonyl (C=O) groups excluding carboxylic acids is 1. The quantitative estimate of drug-likeness (QED) is 0.642. The second-order valence-electron chi connectivity index (χ2n) is 5.25. The first-order valence-corrected chi connectivity index (χ1v) is 6.17. The highest BCUT2D eigenvalue weighted by Crippen LogP contribution is 2.55. The summed E-state index contributed by atoms with van der Waals surface area (Å²) >= 11 is 0. The Morgan fingerprint density at radius 2 is 2.39 bits per heavy atom. The van der Waals surface area contributed by atoms with Gasteiger partial charge in [0.25, 0.3) is 0 Å². The van der Waals surface area contributed by atoms with Crippen molar-refractivity contribution in [3.8, 4) is 0 Å².